The molecule has 0 spiro atoms. The molecule has 2 aliphatic rings. The number of nitrogens with zero attached hydrogens (tertiary/aromatic N) is 3. The normalized spacial score (nSPS) is 19.5. The number of hydrogen-bond acceptors (Lipinski definition) is 4. The quantitative estimate of drug-likeness (QED) is 0.467. The molecule has 2 unspecified atom stereocenters. The van der Waals surface area contributed by atoms with Crippen molar-refractivity contribution in [3.05, 3.63) is 60.2 Å². The number of allylic oxidation sites excluding steroid dienone is 5. The van der Waals surface area contributed by atoms with Crippen LogP contribution in [0.3, 0.4) is 0 Å². The van der Waals surface area contributed by atoms with Crippen molar-refractivity contribution in [1.29, 1.82) is 0 Å². The first-order valence-electron chi connectivity index (χ1n) is 12.2. The van der Waals surface area contributed by atoms with E-state index in [4.69, 9.17) is 4.74 Å². The summed E-state index contributed by atoms with van der Waals surface area (Å²) < 4.78 is 5.73. The van der Waals surface area contributed by atoms with Crippen molar-refractivity contribution in [3.63, 3.8) is 0 Å². The molecule has 1 aromatic rings. The number of amides is 1. The van der Waals surface area contributed by atoms with Gasteiger partial charge in [-0.1, -0.05) is 45.4 Å². The summed E-state index contributed by atoms with van der Waals surface area (Å²) in [6.45, 7) is 11.7. The van der Waals surface area contributed by atoms with Gasteiger partial charge in [-0.05, 0) is 55.4 Å². The third kappa shape index (κ3) is 6.32. The zero-order valence-corrected chi connectivity index (χ0v) is 20.2. The maximum Gasteiger partial charge on any atom is 0.241 e. The summed E-state index contributed by atoms with van der Waals surface area (Å²) in [6, 6.07) is 4.22. The first-order valence-corrected chi connectivity index (χ1v) is 12.2. The predicted molar refractivity (Wildman–Crippen MR) is 131 cm³/mol. The fourth-order valence-electron chi connectivity index (χ4n) is 4.36. The number of carbonyl (C=O) groups excluding carboxylic acids is 1. The Balaban J connectivity index is 1.71. The van der Waals surface area contributed by atoms with Gasteiger partial charge in [-0.2, -0.15) is 0 Å². The van der Waals surface area contributed by atoms with E-state index in [2.05, 4.69) is 61.9 Å². The molecule has 1 amide bonds. The number of pyridine rings is 1. The summed E-state index contributed by atoms with van der Waals surface area (Å²) in [6.07, 6.45) is 16.4. The van der Waals surface area contributed by atoms with Crippen LogP contribution in [0.1, 0.15) is 53.4 Å². The Morgan fingerprint density at radius 3 is 2.88 bits per heavy atom. The molecule has 5 heteroatoms. The van der Waals surface area contributed by atoms with Crippen LogP contribution in [0, 0.1) is 11.8 Å². The first kappa shape index (κ1) is 24.2. The summed E-state index contributed by atoms with van der Waals surface area (Å²) in [4.78, 5) is 22.0. The third-order valence-electron chi connectivity index (χ3n) is 6.65. The highest BCUT2D eigenvalue weighted by Crippen LogP contribution is 2.31. The van der Waals surface area contributed by atoms with Crippen molar-refractivity contribution >= 4 is 11.6 Å². The van der Waals surface area contributed by atoms with E-state index in [1.807, 2.05) is 17.0 Å². The molecule has 2 heterocycles. The van der Waals surface area contributed by atoms with Crippen molar-refractivity contribution in [2.75, 3.05) is 31.1 Å². The minimum Gasteiger partial charge on any atom is -0.493 e. The van der Waals surface area contributed by atoms with Gasteiger partial charge in [-0.3, -0.25) is 14.7 Å². The molecular formula is C27H39N3O2. The Hall–Kier alpha value is -2.40. The number of ether oxygens (including phenoxy) is 1. The standard InChI is InChI=1S/C27H39N3O2/c1-5-7-15-30(25-11-9-14-28-18-25)27(31)20-29(22(4)6-2)19-21(3)23-10-8-12-26-24(17-23)13-16-32-26/h8-12,14,17-18,21-23H,5-7,13,15-16,19-20H2,1-4H3/t21?,22-,23?/m1/s1. The number of rotatable bonds is 11. The lowest BCUT2D eigenvalue weighted by atomic mass is 9.90. The molecule has 1 aromatic heterocycles. The lowest BCUT2D eigenvalue weighted by Crippen LogP contribution is -2.46. The molecule has 0 aromatic carbocycles. The fraction of sp³-hybridized carbons (Fsp3) is 0.556. The number of anilines is 1. The highest BCUT2D eigenvalue weighted by molar-refractivity contribution is 5.94. The largest absolute Gasteiger partial charge is 0.493 e. The summed E-state index contributed by atoms with van der Waals surface area (Å²) in [7, 11) is 0. The van der Waals surface area contributed by atoms with Crippen LogP contribution in [0.15, 0.2) is 60.2 Å². The molecule has 3 rings (SSSR count). The fourth-order valence-corrected chi connectivity index (χ4v) is 4.36. The van der Waals surface area contributed by atoms with Crippen LogP contribution in [0.25, 0.3) is 0 Å². The topological polar surface area (TPSA) is 45.7 Å². The minimum atomic E-state index is 0.154. The van der Waals surface area contributed by atoms with Crippen molar-refractivity contribution in [2.24, 2.45) is 11.8 Å². The zero-order valence-electron chi connectivity index (χ0n) is 20.2. The summed E-state index contributed by atoms with van der Waals surface area (Å²) >= 11 is 0. The van der Waals surface area contributed by atoms with Crippen LogP contribution in [0.5, 0.6) is 0 Å². The van der Waals surface area contributed by atoms with Crippen molar-refractivity contribution < 1.29 is 9.53 Å². The highest BCUT2D eigenvalue weighted by Gasteiger charge is 2.26. The molecule has 0 saturated carbocycles. The van der Waals surface area contributed by atoms with Crippen LogP contribution in [-0.2, 0) is 9.53 Å². The maximum absolute atomic E-state index is 13.4. The number of fused-ring (bicyclic) bond motifs is 1. The van der Waals surface area contributed by atoms with Crippen molar-refractivity contribution in [2.45, 2.75) is 59.4 Å². The smallest absolute Gasteiger partial charge is 0.241 e. The first-order chi connectivity index (χ1) is 15.5. The minimum absolute atomic E-state index is 0.154. The molecule has 3 atom stereocenters. The van der Waals surface area contributed by atoms with Gasteiger partial charge in [0.1, 0.15) is 5.76 Å². The highest BCUT2D eigenvalue weighted by atomic mass is 16.5. The Morgan fingerprint density at radius 2 is 2.16 bits per heavy atom. The van der Waals surface area contributed by atoms with Crippen LogP contribution in [0.2, 0.25) is 0 Å². The van der Waals surface area contributed by atoms with Crippen LogP contribution >= 0.6 is 0 Å². The molecule has 0 radical (unpaired) electrons. The molecule has 1 saturated heterocycles. The van der Waals surface area contributed by atoms with E-state index in [0.717, 1.165) is 56.8 Å². The van der Waals surface area contributed by atoms with Gasteiger partial charge in [0.15, 0.2) is 0 Å². The van der Waals surface area contributed by atoms with Crippen molar-refractivity contribution in [3.8, 4) is 0 Å². The van der Waals surface area contributed by atoms with Gasteiger partial charge < -0.3 is 9.64 Å². The molecule has 32 heavy (non-hydrogen) atoms. The van der Waals surface area contributed by atoms with Crippen LogP contribution in [-0.4, -0.2) is 48.1 Å². The van der Waals surface area contributed by atoms with Gasteiger partial charge in [-0.15, -0.1) is 0 Å². The zero-order chi connectivity index (χ0) is 22.9. The number of carbonyl (C=O) groups is 1. The summed E-state index contributed by atoms with van der Waals surface area (Å²) in [5.41, 5.74) is 2.21. The second-order valence-electron chi connectivity index (χ2n) is 9.06. The Labute approximate surface area is 193 Å². The van der Waals surface area contributed by atoms with E-state index < -0.39 is 0 Å². The predicted octanol–water partition coefficient (Wildman–Crippen LogP) is 5.37. The lowest BCUT2D eigenvalue weighted by molar-refractivity contribution is -0.120. The Bertz CT molecular complexity index is 831. The van der Waals surface area contributed by atoms with Gasteiger partial charge in [0, 0.05) is 31.7 Å². The molecule has 1 aliphatic heterocycles. The second-order valence-corrected chi connectivity index (χ2v) is 9.06. The van der Waals surface area contributed by atoms with Gasteiger partial charge in [-0.25, -0.2) is 0 Å². The van der Waals surface area contributed by atoms with Gasteiger partial charge >= 0.3 is 0 Å². The Morgan fingerprint density at radius 1 is 1.31 bits per heavy atom. The van der Waals surface area contributed by atoms with Gasteiger partial charge in [0.05, 0.1) is 25.0 Å². The number of unbranched alkanes of at least 4 members (excludes halogenated alkanes) is 1. The maximum atomic E-state index is 13.4. The third-order valence-corrected chi connectivity index (χ3v) is 6.65. The molecular weight excluding hydrogens is 398 g/mol. The van der Waals surface area contributed by atoms with E-state index in [0.29, 0.717) is 24.4 Å². The number of aromatic nitrogens is 1. The van der Waals surface area contributed by atoms with E-state index in [9.17, 15) is 4.79 Å². The lowest BCUT2D eigenvalue weighted by Gasteiger charge is -2.34. The van der Waals surface area contributed by atoms with E-state index in [1.165, 1.54) is 5.57 Å². The second kappa shape index (κ2) is 12.0. The van der Waals surface area contributed by atoms with E-state index in [-0.39, 0.29) is 5.91 Å². The van der Waals surface area contributed by atoms with Gasteiger partial charge in [0.25, 0.3) is 0 Å². The molecule has 0 bridgehead atoms. The SMILES string of the molecule is CCCCN(C(=O)CN(CC(C)C1C=CC=C2OCCC2=C1)[C@H](C)CC)c1cccnc1. The van der Waals surface area contributed by atoms with Gasteiger partial charge in [0.2, 0.25) is 5.91 Å². The molecule has 5 nitrogen and oxygen atoms in total. The van der Waals surface area contributed by atoms with E-state index in [1.54, 1.807) is 12.4 Å². The van der Waals surface area contributed by atoms with Crippen LogP contribution < -0.4 is 4.90 Å². The average molecular weight is 438 g/mol. The van der Waals surface area contributed by atoms with E-state index >= 15 is 0 Å². The monoisotopic (exact) mass is 437 g/mol. The average Bonchev–Trinajstić information content (AvgIpc) is 3.15. The summed E-state index contributed by atoms with van der Waals surface area (Å²) in [5, 5.41) is 0. The van der Waals surface area contributed by atoms with Crippen LogP contribution in [0.4, 0.5) is 5.69 Å². The molecule has 1 aliphatic carbocycles. The summed E-state index contributed by atoms with van der Waals surface area (Å²) in [5.74, 6) is 1.92. The number of hydrogen-bond donors (Lipinski definition) is 0. The molecule has 1 fully saturated rings. The Kier molecular flexibility index (Phi) is 9.10. The molecule has 0 N–H and O–H groups in total. The van der Waals surface area contributed by atoms with Crippen molar-refractivity contribution in [1.82, 2.24) is 9.88 Å². The molecule has 174 valence electrons.